The normalized spacial score (nSPS) is 27.8. The summed E-state index contributed by atoms with van der Waals surface area (Å²) < 4.78 is 7.34. The summed E-state index contributed by atoms with van der Waals surface area (Å²) in [5, 5.41) is 4.52. The van der Waals surface area contributed by atoms with Crippen molar-refractivity contribution in [3.05, 3.63) is 47.3 Å². The molecule has 0 saturated carbocycles. The van der Waals surface area contributed by atoms with Crippen molar-refractivity contribution in [2.45, 2.75) is 64.6 Å². The third kappa shape index (κ3) is 3.94. The van der Waals surface area contributed by atoms with Gasteiger partial charge in [-0.25, -0.2) is 0 Å². The highest BCUT2D eigenvalue weighted by Crippen LogP contribution is 2.42. The average Bonchev–Trinajstić information content (AvgIpc) is 3.22. The number of aromatic nitrogens is 2. The van der Waals surface area contributed by atoms with Crippen molar-refractivity contribution in [3.63, 3.8) is 0 Å². The number of carbonyl (C=O) groups is 1. The van der Waals surface area contributed by atoms with E-state index in [-0.39, 0.29) is 5.91 Å². The maximum atomic E-state index is 13.6. The molecule has 0 spiro atoms. The molecule has 1 amide bonds. The average molecular weight is 437 g/mol. The number of aryl methyl sites for hydroxylation is 2. The van der Waals surface area contributed by atoms with Crippen molar-refractivity contribution < 1.29 is 9.53 Å². The Kier molecular flexibility index (Phi) is 5.97. The van der Waals surface area contributed by atoms with Gasteiger partial charge in [-0.15, -0.1) is 0 Å². The number of nitrogens with zero attached hydrogens (tertiary/aromatic N) is 4. The monoisotopic (exact) mass is 436 g/mol. The molecule has 4 heterocycles. The van der Waals surface area contributed by atoms with Crippen LogP contribution >= 0.6 is 0 Å². The van der Waals surface area contributed by atoms with Crippen LogP contribution in [-0.4, -0.2) is 64.3 Å². The minimum absolute atomic E-state index is 0.159. The van der Waals surface area contributed by atoms with Gasteiger partial charge in [0.05, 0.1) is 12.8 Å². The molecule has 3 aliphatic rings. The number of fused-ring (bicyclic) bond motifs is 4. The number of hydrogen-bond acceptors (Lipinski definition) is 4. The summed E-state index contributed by atoms with van der Waals surface area (Å²) in [6, 6.07) is 11.6. The summed E-state index contributed by atoms with van der Waals surface area (Å²) in [5.41, 5.74) is 3.00. The molecule has 0 radical (unpaired) electrons. The van der Waals surface area contributed by atoms with Gasteiger partial charge in [-0.2, -0.15) is 5.10 Å². The van der Waals surface area contributed by atoms with Crippen LogP contribution in [0.4, 0.5) is 0 Å². The summed E-state index contributed by atoms with van der Waals surface area (Å²) >= 11 is 0. The Balaban J connectivity index is 1.41. The molecule has 3 aliphatic heterocycles. The Hall–Kier alpha value is -2.34. The van der Waals surface area contributed by atoms with Crippen LogP contribution < -0.4 is 4.74 Å². The molecule has 6 nitrogen and oxygen atoms in total. The highest BCUT2D eigenvalue weighted by atomic mass is 16.5. The van der Waals surface area contributed by atoms with Crippen LogP contribution in [0, 0.1) is 18.8 Å². The Morgan fingerprint density at radius 3 is 2.84 bits per heavy atom. The first-order chi connectivity index (χ1) is 15.6. The van der Waals surface area contributed by atoms with Crippen LogP contribution in [-0.2, 0) is 13.0 Å². The van der Waals surface area contributed by atoms with Gasteiger partial charge in [0.25, 0.3) is 5.91 Å². The molecule has 4 atom stereocenters. The van der Waals surface area contributed by atoms with E-state index in [2.05, 4.69) is 40.0 Å². The van der Waals surface area contributed by atoms with E-state index >= 15 is 0 Å². The number of benzene rings is 1. The van der Waals surface area contributed by atoms with E-state index in [0.717, 1.165) is 43.2 Å². The van der Waals surface area contributed by atoms with Crippen LogP contribution in [0.2, 0.25) is 0 Å². The number of carbonyl (C=O) groups excluding carboxylic acids is 1. The van der Waals surface area contributed by atoms with Crippen LogP contribution in [0.5, 0.6) is 5.75 Å². The fourth-order valence-corrected chi connectivity index (χ4v) is 6.52. The van der Waals surface area contributed by atoms with Crippen LogP contribution in [0.1, 0.15) is 54.4 Å². The van der Waals surface area contributed by atoms with Crippen molar-refractivity contribution in [1.29, 1.82) is 0 Å². The zero-order chi connectivity index (χ0) is 22.2. The van der Waals surface area contributed by atoms with E-state index in [1.165, 1.54) is 37.8 Å². The maximum Gasteiger partial charge on any atom is 0.272 e. The van der Waals surface area contributed by atoms with Gasteiger partial charge in [-0.05, 0) is 81.7 Å². The lowest BCUT2D eigenvalue weighted by molar-refractivity contribution is -0.0644. The van der Waals surface area contributed by atoms with Crippen LogP contribution in [0.15, 0.2) is 30.3 Å². The predicted octanol–water partition coefficient (Wildman–Crippen LogP) is 3.78. The van der Waals surface area contributed by atoms with Crippen molar-refractivity contribution in [2.75, 3.05) is 26.7 Å². The lowest BCUT2D eigenvalue weighted by Crippen LogP contribution is -2.64. The zero-order valence-corrected chi connectivity index (χ0v) is 19.7. The molecular weight excluding hydrogens is 400 g/mol. The van der Waals surface area contributed by atoms with Gasteiger partial charge in [0.1, 0.15) is 11.4 Å². The maximum absolute atomic E-state index is 13.6. The number of amides is 1. The topological polar surface area (TPSA) is 50.6 Å². The lowest BCUT2D eigenvalue weighted by atomic mass is 9.71. The number of rotatable bonds is 5. The molecule has 0 unspecified atom stereocenters. The predicted molar refractivity (Wildman–Crippen MR) is 125 cm³/mol. The highest BCUT2D eigenvalue weighted by molar-refractivity contribution is 5.92. The summed E-state index contributed by atoms with van der Waals surface area (Å²) in [7, 11) is 1.73. The lowest BCUT2D eigenvalue weighted by Gasteiger charge is -2.57. The molecule has 0 aliphatic carbocycles. The molecular formula is C26H36N4O2. The first kappa shape index (κ1) is 21.5. The summed E-state index contributed by atoms with van der Waals surface area (Å²) in [6.07, 6.45) is 6.14. The molecule has 3 fully saturated rings. The minimum atomic E-state index is 0.159. The first-order valence-corrected chi connectivity index (χ1v) is 12.3. The fraction of sp³-hybridized carbons (Fsp3) is 0.615. The standard InChI is InChI=1S/C26H36N4O2/c1-4-30-25(12-18(2)27-30)26(31)28-16-20-15-21(17-28)24(29-11-6-5-10-23(20)29)14-19-8-7-9-22(13-19)32-3/h7-9,12-13,20-21,23-24H,4-6,10-11,14-17H2,1-3H3/t20-,21+,23+,24+/m1/s1. The second kappa shape index (κ2) is 8.89. The largest absolute Gasteiger partial charge is 0.497 e. The van der Waals surface area contributed by atoms with Crippen molar-refractivity contribution in [2.24, 2.45) is 11.8 Å². The Labute approximate surface area is 191 Å². The van der Waals surface area contributed by atoms with Crippen molar-refractivity contribution in [1.82, 2.24) is 19.6 Å². The SMILES string of the molecule is CCn1nc(C)cc1C(=O)N1C[C@H]2C[C@@H](C1)[C@H](Cc1cccc(OC)c1)N1CCCC[C@@H]21. The molecule has 5 rings (SSSR count). The van der Waals surface area contributed by atoms with E-state index in [1.54, 1.807) is 7.11 Å². The quantitative estimate of drug-likeness (QED) is 0.716. The third-order valence-corrected chi connectivity index (χ3v) is 7.91. The summed E-state index contributed by atoms with van der Waals surface area (Å²) in [4.78, 5) is 18.5. The van der Waals surface area contributed by atoms with E-state index in [9.17, 15) is 4.79 Å². The van der Waals surface area contributed by atoms with E-state index < -0.39 is 0 Å². The summed E-state index contributed by atoms with van der Waals surface area (Å²) in [5.74, 6) is 2.18. The number of hydrogen-bond donors (Lipinski definition) is 0. The van der Waals surface area contributed by atoms with Crippen molar-refractivity contribution >= 4 is 5.91 Å². The molecule has 6 heteroatoms. The van der Waals surface area contributed by atoms with Gasteiger partial charge in [-0.3, -0.25) is 14.4 Å². The first-order valence-electron chi connectivity index (χ1n) is 12.3. The molecule has 1 aromatic heterocycles. The fourth-order valence-electron chi connectivity index (χ4n) is 6.52. The molecule has 1 aromatic carbocycles. The summed E-state index contributed by atoms with van der Waals surface area (Å²) in [6.45, 7) is 7.68. The van der Waals surface area contributed by atoms with E-state index in [4.69, 9.17) is 4.74 Å². The van der Waals surface area contributed by atoms with Crippen molar-refractivity contribution in [3.8, 4) is 5.75 Å². The molecule has 2 bridgehead atoms. The van der Waals surface area contributed by atoms with Crippen LogP contribution in [0.25, 0.3) is 0 Å². The van der Waals surface area contributed by atoms with E-state index in [1.807, 2.05) is 23.7 Å². The van der Waals surface area contributed by atoms with Gasteiger partial charge >= 0.3 is 0 Å². The Morgan fingerprint density at radius 2 is 2.03 bits per heavy atom. The molecule has 3 saturated heterocycles. The second-order valence-corrected chi connectivity index (χ2v) is 9.88. The number of piperidine rings is 3. The van der Waals surface area contributed by atoms with Gasteiger partial charge < -0.3 is 9.64 Å². The van der Waals surface area contributed by atoms with Gasteiger partial charge in [0.15, 0.2) is 0 Å². The Bertz CT molecular complexity index is 970. The highest BCUT2D eigenvalue weighted by Gasteiger charge is 2.48. The number of likely N-dealkylation sites (tertiary alicyclic amines) is 1. The molecule has 172 valence electrons. The van der Waals surface area contributed by atoms with Gasteiger partial charge in [0.2, 0.25) is 0 Å². The number of ether oxygens (including phenoxy) is 1. The van der Waals surface area contributed by atoms with Gasteiger partial charge in [-0.1, -0.05) is 18.6 Å². The van der Waals surface area contributed by atoms with Crippen LogP contribution in [0.3, 0.4) is 0 Å². The Morgan fingerprint density at radius 1 is 1.19 bits per heavy atom. The molecule has 0 N–H and O–H groups in total. The second-order valence-electron chi connectivity index (χ2n) is 9.88. The number of methoxy groups -OCH3 is 1. The van der Waals surface area contributed by atoms with E-state index in [0.29, 0.717) is 23.9 Å². The zero-order valence-electron chi connectivity index (χ0n) is 19.7. The third-order valence-electron chi connectivity index (χ3n) is 7.91. The molecule has 2 aromatic rings. The smallest absolute Gasteiger partial charge is 0.272 e. The minimum Gasteiger partial charge on any atom is -0.497 e. The van der Waals surface area contributed by atoms with Gasteiger partial charge in [0, 0.05) is 31.7 Å². The molecule has 32 heavy (non-hydrogen) atoms.